The van der Waals surface area contributed by atoms with Crippen molar-refractivity contribution in [2.45, 2.75) is 39.9 Å². The molecule has 0 amide bonds. The van der Waals surface area contributed by atoms with Crippen LogP contribution in [0.4, 0.5) is 0 Å². The van der Waals surface area contributed by atoms with Gasteiger partial charge in [0.1, 0.15) is 0 Å². The van der Waals surface area contributed by atoms with Crippen LogP contribution in [-0.4, -0.2) is 31.9 Å². The van der Waals surface area contributed by atoms with Gasteiger partial charge in [-0.2, -0.15) is 0 Å². The normalized spacial score (nSPS) is 33.6. The van der Waals surface area contributed by atoms with E-state index in [4.69, 9.17) is 9.47 Å². The van der Waals surface area contributed by atoms with Crippen molar-refractivity contribution in [1.29, 1.82) is 0 Å². The molecule has 0 aromatic rings. The van der Waals surface area contributed by atoms with Gasteiger partial charge in [0.2, 0.25) is 0 Å². The maximum atomic E-state index is 12.4. The molecule has 7 heteroatoms. The number of halogens is 2. The molecule has 0 radical (unpaired) electrons. The number of hydrogen-bond acceptors (Lipinski definition) is 5. The number of carbonyl (C=O) groups excluding carboxylic acids is 1. The molecule has 5 nitrogen and oxygen atoms in total. The zero-order chi connectivity index (χ0) is 13.2. The number of fused-ring (bicyclic) bond motifs is 1. The van der Waals surface area contributed by atoms with Crippen LogP contribution >= 0.6 is 43.0 Å². The van der Waals surface area contributed by atoms with E-state index in [1.807, 2.05) is 20.8 Å². The van der Waals surface area contributed by atoms with Crippen LogP contribution in [0.15, 0.2) is 0 Å². The summed E-state index contributed by atoms with van der Waals surface area (Å²) in [6, 6.07) is 0. The summed E-state index contributed by atoms with van der Waals surface area (Å²) in [6.07, 6.45) is 0.971. The molecule has 3 aliphatic heterocycles. The zero-order valence-corrected chi connectivity index (χ0v) is 15.0. The third kappa shape index (κ3) is 2.00. The summed E-state index contributed by atoms with van der Waals surface area (Å²) in [6.45, 7) is 7.41. The Labute approximate surface area is 128 Å². The van der Waals surface area contributed by atoms with Crippen molar-refractivity contribution in [2.24, 2.45) is 5.92 Å². The van der Waals surface area contributed by atoms with Crippen LogP contribution in [0.5, 0.6) is 0 Å². The second-order valence-corrected chi connectivity index (χ2v) is 12.2. The molecule has 0 saturated carbocycles. The van der Waals surface area contributed by atoms with Crippen LogP contribution in [0.2, 0.25) is 0 Å². The van der Waals surface area contributed by atoms with Gasteiger partial charge in [-0.05, 0) is 0 Å². The Morgan fingerprint density at radius 1 is 1.50 bits per heavy atom. The molecule has 2 unspecified atom stereocenters. The van der Waals surface area contributed by atoms with Crippen LogP contribution in [0, 0.1) is 5.92 Å². The minimum atomic E-state index is -1.13. The zero-order valence-electron chi connectivity index (χ0n) is 10.7. The van der Waals surface area contributed by atoms with Gasteiger partial charge in [-0.25, -0.2) is 0 Å². The van der Waals surface area contributed by atoms with E-state index < -0.39 is 29.4 Å². The fourth-order valence-corrected chi connectivity index (χ4v) is 9.96. The summed E-state index contributed by atoms with van der Waals surface area (Å²) in [5.41, 5.74) is -0.445. The molecule has 0 bridgehead atoms. The molecule has 18 heavy (non-hydrogen) atoms. The summed E-state index contributed by atoms with van der Waals surface area (Å²) >= 11 is 1.10. The first-order chi connectivity index (χ1) is 8.30. The van der Waals surface area contributed by atoms with Gasteiger partial charge >= 0.3 is 129 Å². The van der Waals surface area contributed by atoms with Crippen LogP contribution in [0.25, 0.3) is 0 Å². The Bertz CT molecular complexity index is 388. The number of ether oxygens (including phenoxy) is 2. The number of esters is 1. The summed E-state index contributed by atoms with van der Waals surface area (Å²) in [5, 5.41) is 0. The predicted octanol–water partition coefficient (Wildman–Crippen LogP) is 1.73. The van der Waals surface area contributed by atoms with E-state index in [0.29, 0.717) is 12.5 Å². The van der Waals surface area contributed by atoms with Gasteiger partial charge in [-0.1, -0.05) is 0 Å². The van der Waals surface area contributed by atoms with Gasteiger partial charge in [0.15, 0.2) is 0 Å². The van der Waals surface area contributed by atoms with Crippen molar-refractivity contribution in [3.63, 3.8) is 0 Å². The third-order valence-electron chi connectivity index (χ3n) is 3.96. The van der Waals surface area contributed by atoms with E-state index in [1.165, 1.54) is 0 Å². The van der Waals surface area contributed by atoms with Gasteiger partial charge < -0.3 is 0 Å². The number of hydrogen-bond donors (Lipinski definition) is 2. The molecule has 3 heterocycles. The molecule has 3 fully saturated rings. The van der Waals surface area contributed by atoms with E-state index in [0.717, 1.165) is 13.0 Å². The monoisotopic (exact) mass is 480 g/mol. The minimum absolute atomic E-state index is 0.0587. The molecule has 0 aliphatic carbocycles. The van der Waals surface area contributed by atoms with Crippen LogP contribution in [0.1, 0.15) is 27.2 Å². The first kappa shape index (κ1) is 13.8. The molecule has 3 aliphatic rings. The van der Waals surface area contributed by atoms with Gasteiger partial charge in [-0.15, -0.1) is 0 Å². The number of nitrogens with one attached hydrogen (secondary N) is 2. The molecule has 2 atom stereocenters. The number of carbonyl (C=O) groups is 1. The van der Waals surface area contributed by atoms with E-state index in [2.05, 4.69) is 29.7 Å². The summed E-state index contributed by atoms with van der Waals surface area (Å²) in [5.74, 6) is 0.192. The summed E-state index contributed by atoms with van der Waals surface area (Å²) < 4.78 is 17.4. The number of rotatable bonds is 4. The van der Waals surface area contributed by atoms with Gasteiger partial charge in [-0.3, -0.25) is 0 Å². The summed E-state index contributed by atoms with van der Waals surface area (Å²) in [7, 11) is 0. The van der Waals surface area contributed by atoms with E-state index in [9.17, 15) is 4.79 Å². The third-order valence-corrected chi connectivity index (χ3v) is 11.1. The Hall–Kier alpha value is 0.810. The van der Waals surface area contributed by atoms with Crippen LogP contribution in [-0.2, 0) is 14.3 Å². The van der Waals surface area contributed by atoms with Crippen molar-refractivity contribution in [1.82, 2.24) is 7.06 Å². The molecule has 104 valence electrons. The second kappa shape index (κ2) is 4.15. The topological polar surface area (TPSA) is 79.4 Å². The average molecular weight is 480 g/mol. The van der Waals surface area contributed by atoms with E-state index >= 15 is 0 Å². The Morgan fingerprint density at radius 3 is 2.56 bits per heavy atom. The van der Waals surface area contributed by atoms with Crippen molar-refractivity contribution in [3.8, 4) is 0 Å². The fraction of sp³-hybridized carbons (Fsp3) is 0.909. The molecule has 0 aromatic heterocycles. The van der Waals surface area contributed by atoms with Gasteiger partial charge in [0.25, 0.3) is 0 Å². The molecule has 3 rings (SSSR count). The second-order valence-electron chi connectivity index (χ2n) is 5.69. The average Bonchev–Trinajstić information content (AvgIpc) is 3.03. The SMILES string of the molecule is CC(C)(OC(=O)C(C)(I)C12NI1N2)C1CCOC1. The Morgan fingerprint density at radius 2 is 2.11 bits per heavy atom. The van der Waals surface area contributed by atoms with E-state index in [1.54, 1.807) is 0 Å². The standard InChI is InChI=1S/C11H18I2N2O3/c1-9(2,7-4-5-17-6-7)18-8(16)10(3,12)11-13(14-11)15-11/h7,14-15H,4-6H2,1-3H3. The maximum absolute atomic E-state index is 12.4. The first-order valence-electron chi connectivity index (χ1n) is 6.05. The summed E-state index contributed by atoms with van der Waals surface area (Å²) in [4.78, 5) is 12.4. The Kier molecular flexibility index (Phi) is 3.18. The fourth-order valence-electron chi connectivity index (χ4n) is 2.22. The van der Waals surface area contributed by atoms with Crippen LogP contribution < -0.4 is 7.06 Å². The van der Waals surface area contributed by atoms with Crippen molar-refractivity contribution >= 4 is 48.9 Å². The molecular formula is C11H18I2N2O3. The van der Waals surface area contributed by atoms with Gasteiger partial charge in [0.05, 0.1) is 0 Å². The van der Waals surface area contributed by atoms with Crippen molar-refractivity contribution in [2.75, 3.05) is 13.2 Å². The molecule has 2 N–H and O–H groups in total. The van der Waals surface area contributed by atoms with Crippen molar-refractivity contribution < 1.29 is 14.3 Å². The first-order valence-corrected chi connectivity index (χ1v) is 10.4. The van der Waals surface area contributed by atoms with Crippen LogP contribution in [0.3, 0.4) is 0 Å². The molecule has 0 aromatic carbocycles. The predicted molar refractivity (Wildman–Crippen MR) is 84.5 cm³/mol. The van der Waals surface area contributed by atoms with E-state index in [-0.39, 0.29) is 9.64 Å². The van der Waals surface area contributed by atoms with Gasteiger partial charge in [0, 0.05) is 0 Å². The number of alkyl halides is 2. The quantitative estimate of drug-likeness (QED) is 0.160. The molecule has 3 saturated heterocycles. The Balaban J connectivity index is 1.66. The van der Waals surface area contributed by atoms with Crippen molar-refractivity contribution in [3.05, 3.63) is 0 Å². The molecular weight excluding hydrogens is 462 g/mol. The molecule has 0 spiro atoms.